The second-order valence-corrected chi connectivity index (χ2v) is 2.98. The molecular formula is C10H9N3O2. The molecule has 0 aliphatic heterocycles. The molecule has 5 nitrogen and oxygen atoms in total. The van der Waals surface area contributed by atoms with Gasteiger partial charge in [-0.25, -0.2) is 0 Å². The molecule has 15 heavy (non-hydrogen) atoms. The number of carbonyl (C=O) groups is 1. The van der Waals surface area contributed by atoms with E-state index in [2.05, 4.69) is 15.5 Å². The fourth-order valence-corrected chi connectivity index (χ4v) is 1.18. The number of H-pyrrole nitrogens is 2. The Labute approximate surface area is 85.1 Å². The van der Waals surface area contributed by atoms with Gasteiger partial charge in [0, 0.05) is 11.8 Å². The molecule has 0 atom stereocenters. The number of anilines is 1. The maximum atomic E-state index is 11.6. The number of aromatic nitrogens is 2. The van der Waals surface area contributed by atoms with Crippen LogP contribution in [0.5, 0.6) is 0 Å². The van der Waals surface area contributed by atoms with E-state index < -0.39 is 0 Å². The van der Waals surface area contributed by atoms with Crippen molar-refractivity contribution in [3.8, 4) is 0 Å². The van der Waals surface area contributed by atoms with E-state index in [0.717, 1.165) is 0 Å². The van der Waals surface area contributed by atoms with Gasteiger partial charge in [0.25, 0.3) is 11.5 Å². The molecule has 0 aliphatic rings. The van der Waals surface area contributed by atoms with Crippen LogP contribution in [0.4, 0.5) is 5.69 Å². The van der Waals surface area contributed by atoms with Crippen molar-refractivity contribution in [2.24, 2.45) is 0 Å². The summed E-state index contributed by atoms with van der Waals surface area (Å²) in [4.78, 5) is 22.7. The van der Waals surface area contributed by atoms with Crippen molar-refractivity contribution in [1.29, 1.82) is 0 Å². The molecule has 0 bridgehead atoms. The van der Waals surface area contributed by atoms with Crippen LogP contribution < -0.4 is 10.9 Å². The molecule has 76 valence electrons. The minimum Gasteiger partial charge on any atom is -0.316 e. The third kappa shape index (κ3) is 1.96. The van der Waals surface area contributed by atoms with Crippen LogP contribution in [0.25, 0.3) is 0 Å². The third-order valence-corrected chi connectivity index (χ3v) is 1.93. The van der Waals surface area contributed by atoms with Gasteiger partial charge in [-0.15, -0.1) is 0 Å². The van der Waals surface area contributed by atoms with Crippen LogP contribution in [0.2, 0.25) is 0 Å². The van der Waals surface area contributed by atoms with Crippen LogP contribution in [-0.4, -0.2) is 16.1 Å². The van der Waals surface area contributed by atoms with Crippen LogP contribution in [0.15, 0.2) is 41.3 Å². The van der Waals surface area contributed by atoms with Crippen LogP contribution in [0, 0.1) is 0 Å². The highest BCUT2D eigenvalue weighted by Gasteiger charge is 2.07. The predicted octanol–water partition coefficient (Wildman–Crippen LogP) is 0.955. The molecule has 2 rings (SSSR count). The number of hydrogen-bond acceptors (Lipinski definition) is 2. The van der Waals surface area contributed by atoms with Crippen molar-refractivity contribution >= 4 is 11.6 Å². The van der Waals surface area contributed by atoms with E-state index >= 15 is 0 Å². The van der Waals surface area contributed by atoms with E-state index in [1.165, 1.54) is 6.20 Å². The molecule has 1 aromatic heterocycles. The Morgan fingerprint density at radius 2 is 1.93 bits per heavy atom. The first kappa shape index (κ1) is 9.26. The van der Waals surface area contributed by atoms with Crippen LogP contribution in [0.1, 0.15) is 10.4 Å². The minimum atomic E-state index is -0.348. The van der Waals surface area contributed by atoms with Gasteiger partial charge in [-0.1, -0.05) is 18.2 Å². The van der Waals surface area contributed by atoms with Crippen molar-refractivity contribution in [1.82, 2.24) is 10.2 Å². The van der Waals surface area contributed by atoms with E-state index in [1.807, 2.05) is 6.07 Å². The van der Waals surface area contributed by atoms with E-state index in [1.54, 1.807) is 24.3 Å². The number of amides is 1. The molecule has 1 heterocycles. The lowest BCUT2D eigenvalue weighted by Gasteiger charge is -2.00. The van der Waals surface area contributed by atoms with Crippen molar-refractivity contribution in [3.05, 3.63) is 52.4 Å². The second kappa shape index (κ2) is 3.83. The first-order valence-electron chi connectivity index (χ1n) is 4.40. The van der Waals surface area contributed by atoms with Crippen molar-refractivity contribution in [2.45, 2.75) is 0 Å². The Hall–Kier alpha value is -2.30. The lowest BCUT2D eigenvalue weighted by atomic mass is 10.2. The summed E-state index contributed by atoms with van der Waals surface area (Å²) in [6, 6.07) is 8.69. The molecule has 0 aliphatic carbocycles. The van der Waals surface area contributed by atoms with E-state index in [4.69, 9.17) is 0 Å². The molecule has 3 N–H and O–H groups in total. The normalized spacial score (nSPS) is 9.87. The summed E-state index contributed by atoms with van der Waals surface area (Å²) >= 11 is 0. The molecule has 2 aromatic rings. The van der Waals surface area contributed by atoms with Gasteiger partial charge in [-0.3, -0.25) is 14.7 Å². The highest BCUT2D eigenvalue weighted by molar-refractivity contribution is 6.04. The fraction of sp³-hybridized carbons (Fsp3) is 0. The molecule has 0 saturated carbocycles. The lowest BCUT2D eigenvalue weighted by Crippen LogP contribution is -2.16. The number of rotatable bonds is 2. The molecular weight excluding hydrogens is 194 g/mol. The Morgan fingerprint density at radius 3 is 2.53 bits per heavy atom. The van der Waals surface area contributed by atoms with Crippen LogP contribution >= 0.6 is 0 Å². The molecule has 0 unspecified atom stereocenters. The summed E-state index contributed by atoms with van der Waals surface area (Å²) in [7, 11) is 0. The van der Waals surface area contributed by atoms with Gasteiger partial charge in [0.1, 0.15) is 5.69 Å². The van der Waals surface area contributed by atoms with Gasteiger partial charge in [0.05, 0.1) is 0 Å². The first-order valence-corrected chi connectivity index (χ1v) is 4.40. The zero-order valence-corrected chi connectivity index (χ0v) is 7.78. The highest BCUT2D eigenvalue weighted by Crippen LogP contribution is 2.02. The van der Waals surface area contributed by atoms with Crippen molar-refractivity contribution in [3.63, 3.8) is 0 Å². The average Bonchev–Trinajstić information content (AvgIpc) is 2.66. The summed E-state index contributed by atoms with van der Waals surface area (Å²) < 4.78 is 0. The van der Waals surface area contributed by atoms with Gasteiger partial charge in [-0.05, 0) is 12.1 Å². The van der Waals surface area contributed by atoms with Gasteiger partial charge in [0.2, 0.25) is 0 Å². The van der Waals surface area contributed by atoms with Crippen molar-refractivity contribution in [2.75, 3.05) is 5.32 Å². The number of nitrogens with one attached hydrogen (secondary N) is 3. The third-order valence-electron chi connectivity index (χ3n) is 1.93. The lowest BCUT2D eigenvalue weighted by molar-refractivity contribution is 0.102. The van der Waals surface area contributed by atoms with Crippen LogP contribution in [-0.2, 0) is 0 Å². The quantitative estimate of drug-likeness (QED) is 0.679. The summed E-state index contributed by atoms with van der Waals surface area (Å²) in [5.41, 5.74) is 0.376. The van der Waals surface area contributed by atoms with Gasteiger partial charge < -0.3 is 10.4 Å². The zero-order valence-electron chi connectivity index (χ0n) is 7.78. The first-order chi connectivity index (χ1) is 7.27. The number of carbonyl (C=O) groups excluding carboxylic acids is 1. The topological polar surface area (TPSA) is 77.8 Å². The second-order valence-electron chi connectivity index (χ2n) is 2.98. The van der Waals surface area contributed by atoms with Gasteiger partial charge in [-0.2, -0.15) is 0 Å². The van der Waals surface area contributed by atoms with Gasteiger partial charge >= 0.3 is 0 Å². The van der Waals surface area contributed by atoms with E-state index in [9.17, 15) is 9.59 Å². The molecule has 0 saturated heterocycles. The Balaban J connectivity index is 2.18. The molecule has 0 spiro atoms. The maximum Gasteiger partial charge on any atom is 0.287 e. The van der Waals surface area contributed by atoms with Crippen molar-refractivity contribution < 1.29 is 4.79 Å². The van der Waals surface area contributed by atoms with E-state index in [0.29, 0.717) is 5.56 Å². The molecule has 5 heteroatoms. The highest BCUT2D eigenvalue weighted by atomic mass is 16.2. The Bertz CT molecular complexity index is 513. The summed E-state index contributed by atoms with van der Waals surface area (Å²) in [5.74, 6) is -0.305. The number of benzene rings is 1. The number of hydrogen-bond donors (Lipinski definition) is 3. The zero-order chi connectivity index (χ0) is 10.7. The van der Waals surface area contributed by atoms with Crippen LogP contribution in [0.3, 0.4) is 0 Å². The number of aromatic amines is 2. The summed E-state index contributed by atoms with van der Waals surface area (Å²) in [6.45, 7) is 0. The molecule has 1 aromatic carbocycles. The minimum absolute atomic E-state index is 0.212. The standard InChI is InChI=1S/C10H9N3O2/c14-9(7-4-2-1-3-5-7)12-8-6-11-13-10(8)15/h1-6H,(H,12,14)(H2,11,13,15). The Kier molecular flexibility index (Phi) is 2.37. The maximum absolute atomic E-state index is 11.6. The molecule has 0 fully saturated rings. The smallest absolute Gasteiger partial charge is 0.287 e. The van der Waals surface area contributed by atoms with Gasteiger partial charge in [0.15, 0.2) is 0 Å². The average molecular weight is 203 g/mol. The summed E-state index contributed by atoms with van der Waals surface area (Å²) in [6.07, 6.45) is 1.41. The Morgan fingerprint density at radius 1 is 1.20 bits per heavy atom. The predicted molar refractivity (Wildman–Crippen MR) is 55.8 cm³/mol. The fourth-order valence-electron chi connectivity index (χ4n) is 1.18. The SMILES string of the molecule is O=C(Nc1c[nH][nH]c1=O)c1ccccc1. The van der Waals surface area contributed by atoms with E-state index in [-0.39, 0.29) is 17.2 Å². The molecule has 0 radical (unpaired) electrons. The summed E-state index contributed by atoms with van der Waals surface area (Å²) in [5, 5.41) is 7.33. The monoisotopic (exact) mass is 203 g/mol. The largest absolute Gasteiger partial charge is 0.316 e. The molecule has 1 amide bonds.